The van der Waals surface area contributed by atoms with Crippen LogP contribution < -0.4 is 0 Å². The largest absolute Gasteiger partial charge is 0.507 e. The molecule has 1 amide bonds. The summed E-state index contributed by atoms with van der Waals surface area (Å²) in [5.74, 6) is 0.675. The van der Waals surface area contributed by atoms with Crippen LogP contribution in [-0.2, 0) is 0 Å². The Morgan fingerprint density at radius 1 is 1.32 bits per heavy atom. The molecule has 1 fully saturated rings. The van der Waals surface area contributed by atoms with Gasteiger partial charge in [0.05, 0.1) is 4.47 Å². The Kier molecular flexibility index (Phi) is 5.07. The molecule has 1 aliphatic rings. The fourth-order valence-electron chi connectivity index (χ4n) is 2.12. The lowest BCUT2D eigenvalue weighted by molar-refractivity contribution is 0.0644. The van der Waals surface area contributed by atoms with E-state index in [4.69, 9.17) is 11.6 Å². The third-order valence-electron chi connectivity index (χ3n) is 3.25. The minimum atomic E-state index is -0.0340. The molecule has 6 heteroatoms. The summed E-state index contributed by atoms with van der Waals surface area (Å²) in [7, 11) is 0. The molecule has 19 heavy (non-hydrogen) atoms. The lowest BCUT2D eigenvalue weighted by atomic mass is 10.1. The Hall–Kier alpha value is -0.780. The van der Waals surface area contributed by atoms with Crippen LogP contribution in [0.5, 0.6) is 5.75 Å². The zero-order valence-electron chi connectivity index (χ0n) is 10.5. The molecule has 0 aliphatic carbocycles. The van der Waals surface area contributed by atoms with Crippen LogP contribution in [0.2, 0.25) is 0 Å². The van der Waals surface area contributed by atoms with Crippen LogP contribution >= 0.6 is 27.5 Å². The van der Waals surface area contributed by atoms with Gasteiger partial charge in [-0.3, -0.25) is 9.69 Å². The molecule has 1 aliphatic heterocycles. The van der Waals surface area contributed by atoms with Gasteiger partial charge in [-0.2, -0.15) is 0 Å². The Bertz CT molecular complexity index is 462. The standard InChI is InChI=1S/C13H16BrClN2O2/c14-11-2-1-10(9-12(11)18)13(19)17-7-5-16(4-3-15)6-8-17/h1-2,9,18H,3-8H2. The van der Waals surface area contributed by atoms with Crippen LogP contribution in [-0.4, -0.2) is 59.4 Å². The average Bonchev–Trinajstić information content (AvgIpc) is 2.42. The number of piperazine rings is 1. The summed E-state index contributed by atoms with van der Waals surface area (Å²) < 4.78 is 0.594. The molecule has 0 unspecified atom stereocenters. The van der Waals surface area contributed by atoms with Gasteiger partial charge in [-0.15, -0.1) is 11.6 Å². The molecular formula is C13H16BrClN2O2. The molecule has 0 saturated carbocycles. The Morgan fingerprint density at radius 2 is 2.00 bits per heavy atom. The van der Waals surface area contributed by atoms with Crippen molar-refractivity contribution in [2.75, 3.05) is 38.6 Å². The highest BCUT2D eigenvalue weighted by Gasteiger charge is 2.22. The van der Waals surface area contributed by atoms with E-state index in [2.05, 4.69) is 20.8 Å². The van der Waals surface area contributed by atoms with Gasteiger partial charge < -0.3 is 10.0 Å². The monoisotopic (exact) mass is 346 g/mol. The summed E-state index contributed by atoms with van der Waals surface area (Å²) in [6, 6.07) is 4.90. The molecule has 0 atom stereocenters. The van der Waals surface area contributed by atoms with Crippen molar-refractivity contribution in [3.05, 3.63) is 28.2 Å². The number of hydrogen-bond acceptors (Lipinski definition) is 3. The van der Waals surface area contributed by atoms with E-state index in [0.717, 1.165) is 19.6 Å². The summed E-state index contributed by atoms with van der Waals surface area (Å²) >= 11 is 8.91. The minimum Gasteiger partial charge on any atom is -0.507 e. The number of halogens is 2. The quantitative estimate of drug-likeness (QED) is 0.852. The van der Waals surface area contributed by atoms with E-state index in [0.29, 0.717) is 29.0 Å². The topological polar surface area (TPSA) is 43.8 Å². The highest BCUT2D eigenvalue weighted by atomic mass is 79.9. The molecule has 4 nitrogen and oxygen atoms in total. The number of benzene rings is 1. The zero-order valence-corrected chi connectivity index (χ0v) is 12.8. The SMILES string of the molecule is O=C(c1ccc(Br)c(O)c1)N1CCN(CCCl)CC1. The first-order valence-electron chi connectivity index (χ1n) is 6.18. The third-order valence-corrected chi connectivity index (χ3v) is 4.09. The molecule has 1 saturated heterocycles. The second-order valence-electron chi connectivity index (χ2n) is 4.49. The third kappa shape index (κ3) is 3.61. The van der Waals surface area contributed by atoms with Gasteiger partial charge in [0, 0.05) is 44.2 Å². The fourth-order valence-corrected chi connectivity index (χ4v) is 2.61. The smallest absolute Gasteiger partial charge is 0.254 e. The molecule has 1 heterocycles. The van der Waals surface area contributed by atoms with E-state index < -0.39 is 0 Å². The first kappa shape index (κ1) is 14.6. The van der Waals surface area contributed by atoms with E-state index in [9.17, 15) is 9.90 Å². The van der Waals surface area contributed by atoms with Gasteiger partial charge in [0.25, 0.3) is 5.91 Å². The fraction of sp³-hybridized carbons (Fsp3) is 0.462. The highest BCUT2D eigenvalue weighted by Crippen LogP contribution is 2.25. The van der Waals surface area contributed by atoms with Crippen LogP contribution in [0.1, 0.15) is 10.4 Å². The lowest BCUT2D eigenvalue weighted by Crippen LogP contribution is -2.49. The molecule has 104 valence electrons. The second-order valence-corrected chi connectivity index (χ2v) is 5.72. The van der Waals surface area contributed by atoms with Crippen molar-refractivity contribution in [1.82, 2.24) is 9.80 Å². The molecule has 2 rings (SSSR count). The number of amides is 1. The normalized spacial score (nSPS) is 16.6. The van der Waals surface area contributed by atoms with Gasteiger partial charge in [0.15, 0.2) is 0 Å². The molecule has 1 N–H and O–H groups in total. The van der Waals surface area contributed by atoms with Crippen molar-refractivity contribution in [3.8, 4) is 5.75 Å². The Morgan fingerprint density at radius 3 is 2.58 bits per heavy atom. The van der Waals surface area contributed by atoms with Gasteiger partial charge in [-0.25, -0.2) is 0 Å². The Labute approximate surface area is 126 Å². The Balaban J connectivity index is 1.99. The molecule has 0 spiro atoms. The van der Waals surface area contributed by atoms with Crippen molar-refractivity contribution in [1.29, 1.82) is 0 Å². The summed E-state index contributed by atoms with van der Waals surface area (Å²) in [6.45, 7) is 3.96. The predicted octanol–water partition coefficient (Wildman–Crippen LogP) is 2.15. The number of carbonyl (C=O) groups excluding carboxylic acids is 1. The first-order valence-corrected chi connectivity index (χ1v) is 7.50. The van der Waals surface area contributed by atoms with Gasteiger partial charge in [-0.1, -0.05) is 0 Å². The van der Waals surface area contributed by atoms with E-state index >= 15 is 0 Å². The molecular weight excluding hydrogens is 332 g/mol. The molecule has 0 bridgehead atoms. The van der Waals surface area contributed by atoms with Crippen LogP contribution in [0.25, 0.3) is 0 Å². The second kappa shape index (κ2) is 6.59. The lowest BCUT2D eigenvalue weighted by Gasteiger charge is -2.34. The molecule has 1 aromatic carbocycles. The van der Waals surface area contributed by atoms with Gasteiger partial charge >= 0.3 is 0 Å². The summed E-state index contributed by atoms with van der Waals surface area (Å²) in [5, 5.41) is 9.62. The maximum absolute atomic E-state index is 12.3. The van der Waals surface area contributed by atoms with Gasteiger partial charge in [0.2, 0.25) is 0 Å². The maximum atomic E-state index is 12.3. The van der Waals surface area contributed by atoms with Gasteiger partial charge in [0.1, 0.15) is 5.75 Å². The summed E-state index contributed by atoms with van der Waals surface area (Å²) in [6.07, 6.45) is 0. The van der Waals surface area contributed by atoms with Crippen LogP contribution in [0, 0.1) is 0 Å². The van der Waals surface area contributed by atoms with Crippen molar-refractivity contribution in [2.45, 2.75) is 0 Å². The summed E-state index contributed by atoms with van der Waals surface area (Å²) in [5.41, 5.74) is 0.520. The highest BCUT2D eigenvalue weighted by molar-refractivity contribution is 9.10. The van der Waals surface area contributed by atoms with Crippen LogP contribution in [0.15, 0.2) is 22.7 Å². The van der Waals surface area contributed by atoms with E-state index in [-0.39, 0.29) is 11.7 Å². The zero-order chi connectivity index (χ0) is 13.8. The first-order chi connectivity index (χ1) is 9.11. The number of hydrogen-bond donors (Lipinski definition) is 1. The number of phenols is 1. The van der Waals surface area contributed by atoms with Crippen molar-refractivity contribution in [3.63, 3.8) is 0 Å². The predicted molar refractivity (Wildman–Crippen MR) is 78.9 cm³/mol. The van der Waals surface area contributed by atoms with E-state index in [1.54, 1.807) is 12.1 Å². The van der Waals surface area contributed by atoms with Crippen molar-refractivity contribution < 1.29 is 9.90 Å². The number of carbonyl (C=O) groups is 1. The molecule has 0 aromatic heterocycles. The van der Waals surface area contributed by atoms with Crippen LogP contribution in [0.3, 0.4) is 0 Å². The number of rotatable bonds is 3. The molecule has 1 aromatic rings. The summed E-state index contributed by atoms with van der Waals surface area (Å²) in [4.78, 5) is 16.3. The van der Waals surface area contributed by atoms with Crippen molar-refractivity contribution in [2.24, 2.45) is 0 Å². The van der Waals surface area contributed by atoms with Crippen LogP contribution in [0.4, 0.5) is 0 Å². The minimum absolute atomic E-state index is 0.0340. The number of aromatic hydroxyl groups is 1. The van der Waals surface area contributed by atoms with E-state index in [1.165, 1.54) is 6.07 Å². The van der Waals surface area contributed by atoms with Crippen molar-refractivity contribution >= 4 is 33.4 Å². The number of nitrogens with zero attached hydrogens (tertiary/aromatic N) is 2. The number of phenolic OH excluding ortho intramolecular Hbond substituents is 1. The molecule has 0 radical (unpaired) electrons. The van der Waals surface area contributed by atoms with E-state index in [1.807, 2.05) is 4.90 Å². The number of alkyl halides is 1. The maximum Gasteiger partial charge on any atom is 0.254 e. The van der Waals surface area contributed by atoms with Gasteiger partial charge in [-0.05, 0) is 34.1 Å². The average molecular weight is 348 g/mol.